The Labute approximate surface area is 260 Å². The number of carbonyl (C=O) groups excluding carboxylic acids is 2. The molecule has 0 radical (unpaired) electrons. The van der Waals surface area contributed by atoms with Crippen molar-refractivity contribution in [2.45, 2.75) is 193 Å². The van der Waals surface area contributed by atoms with Gasteiger partial charge in [0, 0.05) is 12.3 Å². The Morgan fingerprint density at radius 1 is 0.619 bits per heavy atom. The first-order valence-electron chi connectivity index (χ1n) is 18.2. The zero-order valence-electron chi connectivity index (χ0n) is 27.9. The van der Waals surface area contributed by atoms with Gasteiger partial charge in [-0.25, -0.2) is 0 Å². The lowest BCUT2D eigenvalue weighted by molar-refractivity contribution is -0.150. The summed E-state index contributed by atoms with van der Waals surface area (Å²) in [6.07, 6.45) is 34.9. The molecule has 0 amide bonds. The normalized spacial score (nSPS) is 13.0. The van der Waals surface area contributed by atoms with E-state index in [1.807, 2.05) is 0 Å². The second kappa shape index (κ2) is 32.7. The van der Waals surface area contributed by atoms with E-state index in [1.54, 1.807) is 0 Å². The maximum absolute atomic E-state index is 13.0. The highest BCUT2D eigenvalue weighted by Gasteiger charge is 2.22. The number of ketones is 1. The highest BCUT2D eigenvalue weighted by atomic mass is 16.5. The van der Waals surface area contributed by atoms with Crippen molar-refractivity contribution in [3.8, 4) is 0 Å². The number of ether oxygens (including phenoxy) is 1. The van der Waals surface area contributed by atoms with Crippen LogP contribution in [0.5, 0.6) is 0 Å². The van der Waals surface area contributed by atoms with E-state index in [2.05, 4.69) is 26.0 Å². The molecule has 5 nitrogen and oxygen atoms in total. The molecule has 248 valence electrons. The number of aliphatic hydroxyl groups excluding tert-OH is 2. The second-order valence-electron chi connectivity index (χ2n) is 12.5. The van der Waals surface area contributed by atoms with Crippen molar-refractivity contribution in [1.82, 2.24) is 0 Å². The van der Waals surface area contributed by atoms with E-state index in [-0.39, 0.29) is 24.7 Å². The SMILES string of the molecule is CCCCCC/C=C\CCCCCC(CC(=O)OCC(O)CO)C(=O)CCCCCCCCCCCCCCCCC. The Hall–Kier alpha value is -1.20. The molecule has 0 heterocycles. The summed E-state index contributed by atoms with van der Waals surface area (Å²) in [6, 6.07) is 0. The van der Waals surface area contributed by atoms with Crippen LogP contribution in [-0.4, -0.2) is 41.3 Å². The maximum atomic E-state index is 13.0. The average Bonchev–Trinajstić information content (AvgIpc) is 2.99. The van der Waals surface area contributed by atoms with Crippen molar-refractivity contribution in [3.05, 3.63) is 12.2 Å². The van der Waals surface area contributed by atoms with Crippen molar-refractivity contribution in [3.63, 3.8) is 0 Å². The fourth-order valence-electron chi connectivity index (χ4n) is 5.51. The molecule has 0 saturated carbocycles. The van der Waals surface area contributed by atoms with Crippen LogP contribution in [0, 0.1) is 5.92 Å². The van der Waals surface area contributed by atoms with Gasteiger partial charge in [-0.2, -0.15) is 0 Å². The molecule has 0 aliphatic rings. The van der Waals surface area contributed by atoms with Crippen molar-refractivity contribution >= 4 is 11.8 Å². The lowest BCUT2D eigenvalue weighted by Crippen LogP contribution is -2.25. The van der Waals surface area contributed by atoms with Crippen LogP contribution in [0.3, 0.4) is 0 Å². The number of Topliss-reactive ketones (excluding diaryl/α,β-unsaturated/α-hetero) is 1. The topological polar surface area (TPSA) is 83.8 Å². The third kappa shape index (κ3) is 28.9. The van der Waals surface area contributed by atoms with Crippen LogP contribution in [0.4, 0.5) is 0 Å². The minimum atomic E-state index is -1.07. The quantitative estimate of drug-likeness (QED) is 0.0449. The van der Waals surface area contributed by atoms with Crippen LogP contribution in [0.1, 0.15) is 187 Å². The molecule has 42 heavy (non-hydrogen) atoms. The lowest BCUT2D eigenvalue weighted by atomic mass is 9.90. The van der Waals surface area contributed by atoms with Crippen molar-refractivity contribution in [2.24, 2.45) is 5.92 Å². The molecule has 0 fully saturated rings. The van der Waals surface area contributed by atoms with Crippen molar-refractivity contribution in [2.75, 3.05) is 13.2 Å². The van der Waals surface area contributed by atoms with Crippen LogP contribution in [0.2, 0.25) is 0 Å². The third-order valence-corrected chi connectivity index (χ3v) is 8.36. The smallest absolute Gasteiger partial charge is 0.306 e. The third-order valence-electron chi connectivity index (χ3n) is 8.36. The number of allylic oxidation sites excluding steroid dienone is 2. The Morgan fingerprint density at radius 3 is 1.52 bits per heavy atom. The average molecular weight is 595 g/mol. The molecule has 0 saturated heterocycles. The van der Waals surface area contributed by atoms with E-state index in [4.69, 9.17) is 9.84 Å². The molecule has 0 rings (SSSR count). The van der Waals surface area contributed by atoms with E-state index in [1.165, 1.54) is 116 Å². The molecule has 5 heteroatoms. The van der Waals surface area contributed by atoms with Crippen LogP contribution in [0.15, 0.2) is 12.2 Å². The molecule has 0 aliphatic heterocycles. The van der Waals surface area contributed by atoms with E-state index >= 15 is 0 Å². The molecule has 2 N–H and O–H groups in total. The monoisotopic (exact) mass is 595 g/mol. The molecule has 0 bridgehead atoms. The predicted octanol–water partition coefficient (Wildman–Crippen LogP) is 10.2. The van der Waals surface area contributed by atoms with Crippen LogP contribution in [-0.2, 0) is 14.3 Å². The number of aliphatic hydroxyl groups is 2. The molecular formula is C37H70O5. The number of rotatable bonds is 33. The second-order valence-corrected chi connectivity index (χ2v) is 12.5. The Kier molecular flexibility index (Phi) is 31.8. The van der Waals surface area contributed by atoms with E-state index in [9.17, 15) is 14.7 Å². The number of hydrogen-bond donors (Lipinski definition) is 2. The molecular weight excluding hydrogens is 524 g/mol. The summed E-state index contributed by atoms with van der Waals surface area (Å²) >= 11 is 0. The fourth-order valence-corrected chi connectivity index (χ4v) is 5.51. The van der Waals surface area contributed by atoms with Crippen molar-refractivity contribution in [1.29, 1.82) is 0 Å². The van der Waals surface area contributed by atoms with Gasteiger partial charge in [-0.1, -0.05) is 148 Å². The van der Waals surface area contributed by atoms with Crippen molar-refractivity contribution < 1.29 is 24.5 Å². The first-order valence-corrected chi connectivity index (χ1v) is 18.2. The van der Waals surface area contributed by atoms with E-state index < -0.39 is 18.7 Å². The van der Waals surface area contributed by atoms with Crippen LogP contribution in [0.25, 0.3) is 0 Å². The lowest BCUT2D eigenvalue weighted by Gasteiger charge is -2.16. The summed E-state index contributed by atoms with van der Waals surface area (Å²) in [5, 5.41) is 18.4. The van der Waals surface area contributed by atoms with Crippen LogP contribution < -0.4 is 0 Å². The van der Waals surface area contributed by atoms with Gasteiger partial charge in [0.1, 0.15) is 18.5 Å². The van der Waals surface area contributed by atoms with Gasteiger partial charge in [0.05, 0.1) is 13.0 Å². The number of esters is 1. The van der Waals surface area contributed by atoms with Gasteiger partial charge in [0.25, 0.3) is 0 Å². The highest BCUT2D eigenvalue weighted by Crippen LogP contribution is 2.21. The van der Waals surface area contributed by atoms with E-state index in [0.29, 0.717) is 6.42 Å². The minimum Gasteiger partial charge on any atom is -0.463 e. The van der Waals surface area contributed by atoms with Gasteiger partial charge in [0.15, 0.2) is 0 Å². The molecule has 0 aromatic heterocycles. The van der Waals surface area contributed by atoms with Gasteiger partial charge >= 0.3 is 5.97 Å². The van der Waals surface area contributed by atoms with Gasteiger partial charge in [-0.05, 0) is 38.5 Å². The van der Waals surface area contributed by atoms with Gasteiger partial charge in [-0.15, -0.1) is 0 Å². The summed E-state index contributed by atoms with van der Waals surface area (Å²) in [5.74, 6) is -0.579. The summed E-state index contributed by atoms with van der Waals surface area (Å²) in [6.45, 7) is 3.84. The Morgan fingerprint density at radius 2 is 1.05 bits per heavy atom. The van der Waals surface area contributed by atoms with Crippen LogP contribution >= 0.6 is 0 Å². The van der Waals surface area contributed by atoms with E-state index in [0.717, 1.165) is 44.9 Å². The Balaban J connectivity index is 4.11. The van der Waals surface area contributed by atoms with Gasteiger partial charge in [-0.3, -0.25) is 9.59 Å². The molecule has 0 aromatic carbocycles. The predicted molar refractivity (Wildman–Crippen MR) is 178 cm³/mol. The highest BCUT2D eigenvalue weighted by molar-refractivity contribution is 5.85. The largest absolute Gasteiger partial charge is 0.463 e. The number of carbonyl (C=O) groups is 2. The Bertz CT molecular complexity index is 617. The summed E-state index contributed by atoms with van der Waals surface area (Å²) in [5.41, 5.74) is 0. The molecule has 0 aliphatic carbocycles. The minimum absolute atomic E-state index is 0.0768. The number of hydrogen-bond acceptors (Lipinski definition) is 5. The zero-order chi connectivity index (χ0) is 30.9. The first kappa shape index (κ1) is 40.8. The number of unbranched alkanes of at least 4 members (excludes halogenated alkanes) is 21. The molecule has 0 spiro atoms. The van der Waals surface area contributed by atoms with Gasteiger partial charge < -0.3 is 14.9 Å². The first-order chi connectivity index (χ1) is 20.5. The molecule has 0 aromatic rings. The molecule has 2 atom stereocenters. The summed E-state index contributed by atoms with van der Waals surface area (Å²) in [7, 11) is 0. The maximum Gasteiger partial charge on any atom is 0.306 e. The zero-order valence-corrected chi connectivity index (χ0v) is 27.9. The molecule has 2 unspecified atom stereocenters. The fraction of sp³-hybridized carbons (Fsp3) is 0.892. The summed E-state index contributed by atoms with van der Waals surface area (Å²) < 4.78 is 5.10. The van der Waals surface area contributed by atoms with Gasteiger partial charge in [0.2, 0.25) is 0 Å². The summed E-state index contributed by atoms with van der Waals surface area (Å²) in [4.78, 5) is 25.3. The standard InChI is InChI=1S/C37H70O5/c1-3-5-7-9-11-13-15-16-17-18-20-22-24-26-28-30-36(40)34(31-37(41)42-33-35(39)32-38)29-27-25-23-21-19-14-12-10-8-6-4-2/h14,19,34-35,38-39H,3-13,15-18,20-33H2,1-2H3/b19-14-.